The lowest BCUT2D eigenvalue weighted by Gasteiger charge is -2.29. The molecular weight excluding hydrogens is 210 g/mol. The SMILES string of the molecule is CCCC1CCC(NC(=O)C(C)Cl)CC1. The van der Waals surface area contributed by atoms with Crippen LogP contribution in [0.2, 0.25) is 0 Å². The summed E-state index contributed by atoms with van der Waals surface area (Å²) in [6.45, 7) is 3.96. The molecule has 0 aromatic rings. The Bertz CT molecular complexity index is 198. The Labute approximate surface area is 97.8 Å². The molecule has 0 heterocycles. The summed E-state index contributed by atoms with van der Waals surface area (Å²) in [6.07, 6.45) is 7.39. The molecule has 0 spiro atoms. The van der Waals surface area contributed by atoms with Gasteiger partial charge in [-0.25, -0.2) is 0 Å². The van der Waals surface area contributed by atoms with Gasteiger partial charge < -0.3 is 5.32 Å². The summed E-state index contributed by atoms with van der Waals surface area (Å²) >= 11 is 5.71. The molecule has 1 N–H and O–H groups in total. The standard InChI is InChI=1S/C12H22ClNO/c1-3-4-10-5-7-11(8-6-10)14-12(15)9(2)13/h9-11H,3-8H2,1-2H3,(H,14,15). The Hall–Kier alpha value is -0.240. The number of rotatable bonds is 4. The van der Waals surface area contributed by atoms with Gasteiger partial charge in [-0.2, -0.15) is 0 Å². The molecule has 1 aliphatic carbocycles. The van der Waals surface area contributed by atoms with Crippen LogP contribution in [-0.2, 0) is 4.79 Å². The number of hydrogen-bond acceptors (Lipinski definition) is 1. The van der Waals surface area contributed by atoms with Gasteiger partial charge in [0.15, 0.2) is 0 Å². The molecule has 1 atom stereocenters. The zero-order valence-corrected chi connectivity index (χ0v) is 10.5. The molecule has 0 aromatic carbocycles. The molecule has 1 rings (SSSR count). The van der Waals surface area contributed by atoms with Crippen LogP contribution in [0.4, 0.5) is 0 Å². The number of halogens is 1. The second-order valence-electron chi connectivity index (χ2n) is 4.63. The van der Waals surface area contributed by atoms with Gasteiger partial charge in [-0.15, -0.1) is 11.6 Å². The van der Waals surface area contributed by atoms with Crippen LogP contribution in [0.15, 0.2) is 0 Å². The first-order valence-electron chi connectivity index (χ1n) is 6.08. The third kappa shape index (κ3) is 4.42. The van der Waals surface area contributed by atoms with Gasteiger partial charge in [-0.1, -0.05) is 19.8 Å². The van der Waals surface area contributed by atoms with E-state index in [4.69, 9.17) is 11.6 Å². The maximum Gasteiger partial charge on any atom is 0.237 e. The lowest BCUT2D eigenvalue weighted by Crippen LogP contribution is -2.40. The second kappa shape index (κ2) is 6.37. The Morgan fingerprint density at radius 3 is 2.47 bits per heavy atom. The van der Waals surface area contributed by atoms with Crippen LogP contribution in [0.1, 0.15) is 52.4 Å². The van der Waals surface area contributed by atoms with Crippen molar-refractivity contribution in [2.24, 2.45) is 5.92 Å². The molecule has 0 radical (unpaired) electrons. The van der Waals surface area contributed by atoms with Crippen molar-refractivity contribution < 1.29 is 4.79 Å². The van der Waals surface area contributed by atoms with Crippen LogP contribution in [0.5, 0.6) is 0 Å². The molecule has 1 amide bonds. The van der Waals surface area contributed by atoms with E-state index in [1.807, 2.05) is 0 Å². The Kier molecular flexibility index (Phi) is 5.44. The van der Waals surface area contributed by atoms with E-state index in [2.05, 4.69) is 12.2 Å². The summed E-state index contributed by atoms with van der Waals surface area (Å²) in [4.78, 5) is 11.4. The van der Waals surface area contributed by atoms with Gasteiger partial charge in [0, 0.05) is 6.04 Å². The predicted molar refractivity (Wildman–Crippen MR) is 64.1 cm³/mol. The molecular formula is C12H22ClNO. The topological polar surface area (TPSA) is 29.1 Å². The largest absolute Gasteiger partial charge is 0.352 e. The number of nitrogens with one attached hydrogen (secondary N) is 1. The minimum absolute atomic E-state index is 0.0180. The molecule has 2 nitrogen and oxygen atoms in total. The molecule has 1 saturated carbocycles. The normalized spacial score (nSPS) is 28.5. The molecule has 15 heavy (non-hydrogen) atoms. The Balaban J connectivity index is 2.22. The molecule has 1 aliphatic rings. The number of carbonyl (C=O) groups is 1. The first-order chi connectivity index (χ1) is 7.13. The van der Waals surface area contributed by atoms with Crippen molar-refractivity contribution in [1.29, 1.82) is 0 Å². The Morgan fingerprint density at radius 1 is 1.40 bits per heavy atom. The van der Waals surface area contributed by atoms with E-state index in [1.165, 1.54) is 25.7 Å². The highest BCUT2D eigenvalue weighted by atomic mass is 35.5. The van der Waals surface area contributed by atoms with E-state index in [9.17, 15) is 4.79 Å². The van der Waals surface area contributed by atoms with E-state index in [-0.39, 0.29) is 5.91 Å². The summed E-state index contributed by atoms with van der Waals surface area (Å²) in [7, 11) is 0. The molecule has 1 unspecified atom stereocenters. The van der Waals surface area contributed by atoms with Crippen molar-refractivity contribution in [1.82, 2.24) is 5.32 Å². The van der Waals surface area contributed by atoms with Gasteiger partial charge in [-0.3, -0.25) is 4.79 Å². The van der Waals surface area contributed by atoms with Gasteiger partial charge in [0.2, 0.25) is 5.91 Å². The summed E-state index contributed by atoms with van der Waals surface area (Å²) < 4.78 is 0. The van der Waals surface area contributed by atoms with Crippen LogP contribution in [0.3, 0.4) is 0 Å². The third-order valence-electron chi connectivity index (χ3n) is 3.25. The first kappa shape index (κ1) is 12.8. The molecule has 0 aromatic heterocycles. The fourth-order valence-corrected chi connectivity index (χ4v) is 2.38. The van der Waals surface area contributed by atoms with Crippen LogP contribution in [0, 0.1) is 5.92 Å². The van der Waals surface area contributed by atoms with Crippen molar-refractivity contribution in [2.75, 3.05) is 0 Å². The quantitative estimate of drug-likeness (QED) is 0.741. The van der Waals surface area contributed by atoms with Gasteiger partial charge >= 0.3 is 0 Å². The monoisotopic (exact) mass is 231 g/mol. The maximum atomic E-state index is 11.4. The average Bonchev–Trinajstić information content (AvgIpc) is 2.21. The second-order valence-corrected chi connectivity index (χ2v) is 5.29. The minimum Gasteiger partial charge on any atom is -0.352 e. The maximum absolute atomic E-state index is 11.4. The van der Waals surface area contributed by atoms with E-state index in [0.29, 0.717) is 6.04 Å². The summed E-state index contributed by atoms with van der Waals surface area (Å²) in [6, 6.07) is 0.367. The minimum atomic E-state index is -0.404. The summed E-state index contributed by atoms with van der Waals surface area (Å²) in [5, 5.41) is 2.61. The molecule has 1 fully saturated rings. The smallest absolute Gasteiger partial charge is 0.237 e. The Morgan fingerprint density at radius 2 is 2.00 bits per heavy atom. The van der Waals surface area contributed by atoms with Gasteiger partial charge in [0.1, 0.15) is 5.38 Å². The molecule has 3 heteroatoms. The number of amides is 1. The van der Waals surface area contributed by atoms with Crippen LogP contribution >= 0.6 is 11.6 Å². The van der Waals surface area contributed by atoms with E-state index in [1.54, 1.807) is 6.92 Å². The lowest BCUT2D eigenvalue weighted by atomic mass is 9.83. The van der Waals surface area contributed by atoms with E-state index >= 15 is 0 Å². The fourth-order valence-electron chi connectivity index (χ4n) is 2.32. The van der Waals surface area contributed by atoms with Gasteiger partial charge in [0.05, 0.1) is 0 Å². The molecule has 88 valence electrons. The van der Waals surface area contributed by atoms with Crippen LogP contribution in [0.25, 0.3) is 0 Å². The number of alkyl halides is 1. The molecule has 0 saturated heterocycles. The molecule has 0 bridgehead atoms. The highest BCUT2D eigenvalue weighted by Crippen LogP contribution is 2.27. The van der Waals surface area contributed by atoms with Crippen molar-refractivity contribution in [3.05, 3.63) is 0 Å². The highest BCUT2D eigenvalue weighted by molar-refractivity contribution is 6.30. The summed E-state index contributed by atoms with van der Waals surface area (Å²) in [5.41, 5.74) is 0. The first-order valence-corrected chi connectivity index (χ1v) is 6.51. The highest BCUT2D eigenvalue weighted by Gasteiger charge is 2.22. The lowest BCUT2D eigenvalue weighted by molar-refractivity contribution is -0.121. The average molecular weight is 232 g/mol. The van der Waals surface area contributed by atoms with Gasteiger partial charge in [-0.05, 0) is 38.5 Å². The van der Waals surface area contributed by atoms with Gasteiger partial charge in [0.25, 0.3) is 0 Å². The van der Waals surface area contributed by atoms with E-state index in [0.717, 1.165) is 18.8 Å². The van der Waals surface area contributed by atoms with Crippen LogP contribution in [-0.4, -0.2) is 17.3 Å². The van der Waals surface area contributed by atoms with Crippen molar-refractivity contribution in [2.45, 2.75) is 63.8 Å². The molecule has 0 aliphatic heterocycles. The number of carbonyl (C=O) groups excluding carboxylic acids is 1. The van der Waals surface area contributed by atoms with Crippen molar-refractivity contribution in [3.63, 3.8) is 0 Å². The zero-order chi connectivity index (χ0) is 11.3. The summed E-state index contributed by atoms with van der Waals surface area (Å²) in [5.74, 6) is 0.868. The fraction of sp³-hybridized carbons (Fsp3) is 0.917. The number of hydrogen-bond donors (Lipinski definition) is 1. The van der Waals surface area contributed by atoms with Crippen LogP contribution < -0.4 is 5.32 Å². The van der Waals surface area contributed by atoms with Crippen molar-refractivity contribution >= 4 is 17.5 Å². The zero-order valence-electron chi connectivity index (χ0n) is 9.76. The third-order valence-corrected chi connectivity index (χ3v) is 3.45. The van der Waals surface area contributed by atoms with E-state index < -0.39 is 5.38 Å². The predicted octanol–water partition coefficient (Wildman–Crippen LogP) is 3.09. The van der Waals surface area contributed by atoms with Crippen molar-refractivity contribution in [3.8, 4) is 0 Å².